The fraction of sp³-hybridized carbons (Fsp3) is 0.176. The molecular weight excluding hydrogens is 364 g/mol. The van der Waals surface area contributed by atoms with E-state index in [9.17, 15) is 4.79 Å². The topological polar surface area (TPSA) is 34.9 Å². The van der Waals surface area contributed by atoms with Crippen molar-refractivity contribution in [3.63, 3.8) is 0 Å². The number of nitrogens with zero attached hydrogens (tertiary/aromatic N) is 2. The van der Waals surface area contributed by atoms with E-state index in [1.165, 1.54) is 0 Å². The van der Waals surface area contributed by atoms with Gasteiger partial charge in [-0.15, -0.1) is 0 Å². The zero-order valence-corrected chi connectivity index (χ0v) is 14.4. The van der Waals surface area contributed by atoms with E-state index in [-0.39, 0.29) is 5.56 Å². The highest BCUT2D eigenvalue weighted by Crippen LogP contribution is 2.19. The molecule has 0 atom stereocenters. The van der Waals surface area contributed by atoms with Crippen LogP contribution in [0.15, 0.2) is 51.7 Å². The molecule has 1 aromatic heterocycles. The summed E-state index contributed by atoms with van der Waals surface area (Å²) in [5, 5.41) is 1.24. The lowest BCUT2D eigenvalue weighted by molar-refractivity contribution is 0.774. The minimum Gasteiger partial charge on any atom is -0.268 e. The van der Waals surface area contributed by atoms with Gasteiger partial charge < -0.3 is 0 Å². The number of aromatic nitrogens is 2. The maximum absolute atomic E-state index is 12.9. The van der Waals surface area contributed by atoms with Gasteiger partial charge in [-0.2, -0.15) is 0 Å². The first kappa shape index (κ1) is 15.3. The first-order valence-electron chi connectivity index (χ1n) is 7.07. The Morgan fingerprint density at radius 3 is 2.59 bits per heavy atom. The SMILES string of the molecule is CCCc1nc2ccc(Br)cc2c(=O)n1-c1ccc(Cl)cc1. The van der Waals surface area contributed by atoms with Crippen LogP contribution in [0.3, 0.4) is 0 Å². The van der Waals surface area contributed by atoms with Crippen molar-refractivity contribution in [1.82, 2.24) is 9.55 Å². The fourth-order valence-corrected chi connectivity index (χ4v) is 2.94. The predicted molar refractivity (Wildman–Crippen MR) is 94.0 cm³/mol. The summed E-state index contributed by atoms with van der Waals surface area (Å²) in [5.41, 5.74) is 1.45. The van der Waals surface area contributed by atoms with Crippen molar-refractivity contribution in [2.24, 2.45) is 0 Å². The second-order valence-corrected chi connectivity index (χ2v) is 6.41. The summed E-state index contributed by atoms with van der Waals surface area (Å²) in [5.74, 6) is 0.768. The van der Waals surface area contributed by atoms with Gasteiger partial charge in [0.05, 0.1) is 16.6 Å². The highest BCUT2D eigenvalue weighted by atomic mass is 79.9. The van der Waals surface area contributed by atoms with Gasteiger partial charge in [0.15, 0.2) is 0 Å². The first-order chi connectivity index (χ1) is 10.6. The van der Waals surface area contributed by atoms with E-state index in [4.69, 9.17) is 11.6 Å². The molecule has 3 rings (SSSR count). The number of hydrogen-bond donors (Lipinski definition) is 0. The molecule has 3 nitrogen and oxygen atoms in total. The summed E-state index contributed by atoms with van der Waals surface area (Å²) in [6, 6.07) is 12.8. The Labute approximate surface area is 141 Å². The Hall–Kier alpha value is -1.65. The van der Waals surface area contributed by atoms with Crippen LogP contribution >= 0.6 is 27.5 Å². The maximum Gasteiger partial charge on any atom is 0.266 e. The van der Waals surface area contributed by atoms with E-state index in [2.05, 4.69) is 27.8 Å². The van der Waals surface area contributed by atoms with E-state index in [0.717, 1.165) is 34.3 Å². The molecule has 5 heteroatoms. The molecule has 0 N–H and O–H groups in total. The normalized spacial score (nSPS) is 11.0. The van der Waals surface area contributed by atoms with Crippen LogP contribution in [0.1, 0.15) is 19.2 Å². The Balaban J connectivity index is 2.34. The smallest absolute Gasteiger partial charge is 0.266 e. The summed E-state index contributed by atoms with van der Waals surface area (Å²) in [6.07, 6.45) is 1.66. The van der Waals surface area contributed by atoms with Crippen LogP contribution in [0.5, 0.6) is 0 Å². The third kappa shape index (κ3) is 2.81. The minimum atomic E-state index is -0.0583. The quantitative estimate of drug-likeness (QED) is 0.660. The van der Waals surface area contributed by atoms with E-state index < -0.39 is 0 Å². The maximum atomic E-state index is 12.9. The van der Waals surface area contributed by atoms with Crippen LogP contribution in [0.2, 0.25) is 5.02 Å². The molecular formula is C17H14BrClN2O. The Bertz CT molecular complexity index is 888. The lowest BCUT2D eigenvalue weighted by Gasteiger charge is -2.13. The Morgan fingerprint density at radius 2 is 1.91 bits per heavy atom. The largest absolute Gasteiger partial charge is 0.268 e. The van der Waals surface area contributed by atoms with Gasteiger partial charge in [0.1, 0.15) is 5.82 Å². The van der Waals surface area contributed by atoms with Gasteiger partial charge in [-0.3, -0.25) is 9.36 Å². The molecule has 0 unspecified atom stereocenters. The first-order valence-corrected chi connectivity index (χ1v) is 8.24. The van der Waals surface area contributed by atoms with Crippen molar-refractivity contribution in [2.75, 3.05) is 0 Å². The number of aryl methyl sites for hydroxylation is 1. The summed E-state index contributed by atoms with van der Waals surface area (Å²) < 4.78 is 2.54. The lowest BCUT2D eigenvalue weighted by Crippen LogP contribution is -2.23. The van der Waals surface area contributed by atoms with Crippen LogP contribution in [-0.4, -0.2) is 9.55 Å². The Kier molecular flexibility index (Phi) is 4.32. The van der Waals surface area contributed by atoms with Crippen LogP contribution in [0.25, 0.3) is 16.6 Å². The van der Waals surface area contributed by atoms with Crippen molar-refractivity contribution in [3.8, 4) is 5.69 Å². The predicted octanol–water partition coefficient (Wildman–Crippen LogP) is 4.75. The zero-order chi connectivity index (χ0) is 15.7. The van der Waals surface area contributed by atoms with Gasteiger partial charge in [0, 0.05) is 15.9 Å². The van der Waals surface area contributed by atoms with Crippen molar-refractivity contribution in [3.05, 3.63) is 68.1 Å². The number of benzene rings is 2. The Morgan fingerprint density at radius 1 is 1.18 bits per heavy atom. The summed E-state index contributed by atoms with van der Waals surface area (Å²) in [6.45, 7) is 2.07. The number of hydrogen-bond acceptors (Lipinski definition) is 2. The molecule has 0 aliphatic rings. The summed E-state index contributed by atoms with van der Waals surface area (Å²) in [7, 11) is 0. The summed E-state index contributed by atoms with van der Waals surface area (Å²) in [4.78, 5) is 17.6. The van der Waals surface area contributed by atoms with Gasteiger partial charge in [0.2, 0.25) is 0 Å². The molecule has 0 spiro atoms. The molecule has 22 heavy (non-hydrogen) atoms. The minimum absolute atomic E-state index is 0.0583. The molecule has 0 amide bonds. The third-order valence-electron chi connectivity index (χ3n) is 3.46. The van der Waals surface area contributed by atoms with E-state index in [1.54, 1.807) is 16.7 Å². The second-order valence-electron chi connectivity index (χ2n) is 5.06. The van der Waals surface area contributed by atoms with Crippen LogP contribution < -0.4 is 5.56 Å². The molecule has 0 radical (unpaired) electrons. The summed E-state index contributed by atoms with van der Waals surface area (Å²) >= 11 is 9.36. The molecule has 0 saturated carbocycles. The van der Waals surface area contributed by atoms with Crippen molar-refractivity contribution in [1.29, 1.82) is 0 Å². The van der Waals surface area contributed by atoms with E-state index in [0.29, 0.717) is 10.4 Å². The van der Waals surface area contributed by atoms with Crippen LogP contribution in [0, 0.1) is 0 Å². The van der Waals surface area contributed by atoms with Crippen molar-refractivity contribution >= 4 is 38.4 Å². The van der Waals surface area contributed by atoms with Gasteiger partial charge >= 0.3 is 0 Å². The molecule has 0 bridgehead atoms. The standard InChI is InChI=1S/C17H14BrClN2O/c1-2-3-16-20-15-9-4-11(18)10-14(15)17(22)21(16)13-7-5-12(19)6-8-13/h4-10H,2-3H2,1H3. The van der Waals surface area contributed by atoms with Crippen molar-refractivity contribution < 1.29 is 0 Å². The van der Waals surface area contributed by atoms with Gasteiger partial charge in [-0.25, -0.2) is 4.98 Å². The molecule has 0 fully saturated rings. The lowest BCUT2D eigenvalue weighted by atomic mass is 10.2. The van der Waals surface area contributed by atoms with Gasteiger partial charge in [-0.05, 0) is 48.9 Å². The third-order valence-corrected chi connectivity index (χ3v) is 4.20. The molecule has 2 aromatic carbocycles. The number of halogens is 2. The molecule has 3 aromatic rings. The highest BCUT2D eigenvalue weighted by molar-refractivity contribution is 9.10. The number of rotatable bonds is 3. The molecule has 0 saturated heterocycles. The molecule has 1 heterocycles. The van der Waals surface area contributed by atoms with E-state index in [1.807, 2.05) is 30.3 Å². The average Bonchev–Trinajstić information content (AvgIpc) is 2.50. The fourth-order valence-electron chi connectivity index (χ4n) is 2.45. The van der Waals surface area contributed by atoms with Gasteiger partial charge in [0.25, 0.3) is 5.56 Å². The van der Waals surface area contributed by atoms with Crippen molar-refractivity contribution in [2.45, 2.75) is 19.8 Å². The van der Waals surface area contributed by atoms with Gasteiger partial charge in [-0.1, -0.05) is 34.5 Å². The molecule has 0 aliphatic carbocycles. The monoisotopic (exact) mass is 376 g/mol. The molecule has 112 valence electrons. The second kappa shape index (κ2) is 6.23. The average molecular weight is 378 g/mol. The number of fused-ring (bicyclic) bond motifs is 1. The molecule has 0 aliphatic heterocycles. The highest BCUT2D eigenvalue weighted by Gasteiger charge is 2.12. The van der Waals surface area contributed by atoms with Crippen LogP contribution in [-0.2, 0) is 6.42 Å². The zero-order valence-electron chi connectivity index (χ0n) is 12.0. The van der Waals surface area contributed by atoms with Crippen LogP contribution in [0.4, 0.5) is 0 Å². The van der Waals surface area contributed by atoms with E-state index >= 15 is 0 Å².